The topological polar surface area (TPSA) is 86.0 Å². The minimum Gasteiger partial charge on any atom is -0.356 e. The average Bonchev–Trinajstić information content (AvgIpc) is 2.73. The Hall–Kier alpha value is -3.01. The molecule has 0 bridgehead atoms. The van der Waals surface area contributed by atoms with Crippen LogP contribution in [0.15, 0.2) is 30.6 Å². The van der Waals surface area contributed by atoms with E-state index in [0.29, 0.717) is 18.7 Å². The lowest BCUT2D eigenvalue weighted by atomic mass is 9.73. The van der Waals surface area contributed by atoms with Crippen molar-refractivity contribution in [1.82, 2.24) is 19.9 Å². The van der Waals surface area contributed by atoms with Crippen molar-refractivity contribution in [3.8, 4) is 6.07 Å². The van der Waals surface area contributed by atoms with Gasteiger partial charge in [-0.2, -0.15) is 5.26 Å². The lowest BCUT2D eigenvalue weighted by Crippen LogP contribution is -2.54. The van der Waals surface area contributed by atoms with Crippen LogP contribution in [0.5, 0.6) is 0 Å². The highest BCUT2D eigenvalue weighted by atomic mass is 16.2. The predicted octanol–water partition coefficient (Wildman–Crippen LogP) is 2.46. The van der Waals surface area contributed by atoms with E-state index in [4.69, 9.17) is 5.26 Å². The first-order chi connectivity index (χ1) is 13.6. The Morgan fingerprint density at radius 3 is 2.89 bits per heavy atom. The molecule has 2 aliphatic rings. The predicted molar refractivity (Wildman–Crippen MR) is 104 cm³/mol. The van der Waals surface area contributed by atoms with Gasteiger partial charge in [-0.1, -0.05) is 6.07 Å². The summed E-state index contributed by atoms with van der Waals surface area (Å²) < 4.78 is 0. The normalized spacial score (nSPS) is 22.4. The van der Waals surface area contributed by atoms with Gasteiger partial charge in [0.25, 0.3) is 0 Å². The number of aryl methyl sites for hydroxylation is 1. The van der Waals surface area contributed by atoms with Gasteiger partial charge in [0.15, 0.2) is 0 Å². The summed E-state index contributed by atoms with van der Waals surface area (Å²) in [6.07, 6.45) is 7.13. The molecule has 2 aromatic heterocycles. The fourth-order valence-electron chi connectivity index (χ4n) is 4.34. The largest absolute Gasteiger partial charge is 0.356 e. The zero-order valence-corrected chi connectivity index (χ0v) is 16.1. The number of carbonyl (C=O) groups is 1. The van der Waals surface area contributed by atoms with Crippen LogP contribution in [0, 0.1) is 23.7 Å². The number of hydrogen-bond donors (Lipinski definition) is 0. The molecular weight excluding hydrogens is 352 g/mol. The van der Waals surface area contributed by atoms with E-state index < -0.39 is 0 Å². The number of nitriles is 1. The maximum absolute atomic E-state index is 12.5. The lowest BCUT2D eigenvalue weighted by Gasteiger charge is -2.48. The van der Waals surface area contributed by atoms with Crippen LogP contribution in [0.4, 0.5) is 5.82 Å². The van der Waals surface area contributed by atoms with E-state index in [1.165, 1.54) is 0 Å². The highest BCUT2D eigenvalue weighted by molar-refractivity contribution is 5.77. The van der Waals surface area contributed by atoms with Gasteiger partial charge in [0.2, 0.25) is 5.91 Å². The summed E-state index contributed by atoms with van der Waals surface area (Å²) >= 11 is 0. The third kappa shape index (κ3) is 3.81. The summed E-state index contributed by atoms with van der Waals surface area (Å²) in [5, 5.41) is 9.14. The van der Waals surface area contributed by atoms with Crippen molar-refractivity contribution < 1.29 is 4.79 Å². The number of hydrogen-bond acceptors (Lipinski definition) is 6. The van der Waals surface area contributed by atoms with Crippen molar-refractivity contribution in [3.05, 3.63) is 47.7 Å². The van der Waals surface area contributed by atoms with Crippen molar-refractivity contribution in [3.63, 3.8) is 0 Å². The highest BCUT2D eigenvalue weighted by Crippen LogP contribution is 2.40. The Balaban J connectivity index is 1.50. The van der Waals surface area contributed by atoms with Crippen LogP contribution < -0.4 is 4.90 Å². The van der Waals surface area contributed by atoms with Crippen LogP contribution in [-0.2, 0) is 11.3 Å². The maximum atomic E-state index is 12.5. The molecule has 0 radical (unpaired) electrons. The fourth-order valence-corrected chi connectivity index (χ4v) is 4.34. The lowest BCUT2D eigenvalue weighted by molar-refractivity contribution is -0.138. The molecule has 1 amide bonds. The van der Waals surface area contributed by atoms with Gasteiger partial charge in [-0.25, -0.2) is 4.98 Å². The quantitative estimate of drug-likeness (QED) is 0.818. The number of likely N-dealkylation sites (tertiary alicyclic amines) is 1. The molecule has 0 aliphatic carbocycles. The Labute approximate surface area is 165 Å². The summed E-state index contributed by atoms with van der Waals surface area (Å²) in [6.45, 7) is 4.94. The van der Waals surface area contributed by atoms with Gasteiger partial charge >= 0.3 is 0 Å². The minimum absolute atomic E-state index is 0.0641. The van der Waals surface area contributed by atoms with E-state index in [2.05, 4.69) is 25.9 Å². The number of piperidine rings is 2. The van der Waals surface area contributed by atoms with Crippen LogP contribution in [-0.4, -0.2) is 45.4 Å². The second-order valence-electron chi connectivity index (χ2n) is 7.92. The van der Waals surface area contributed by atoms with Gasteiger partial charge in [-0.3, -0.25) is 14.8 Å². The fraction of sp³-hybridized carbons (Fsp3) is 0.476. The number of nitrogens with zero attached hydrogens (tertiary/aromatic N) is 6. The summed E-state index contributed by atoms with van der Waals surface area (Å²) in [4.78, 5) is 29.9. The highest BCUT2D eigenvalue weighted by Gasteiger charge is 2.42. The third-order valence-electron chi connectivity index (χ3n) is 5.77. The number of rotatable bonds is 3. The number of aromatic nitrogens is 3. The van der Waals surface area contributed by atoms with E-state index in [1.807, 2.05) is 24.0 Å². The minimum atomic E-state index is 0.0641. The van der Waals surface area contributed by atoms with E-state index in [9.17, 15) is 4.79 Å². The molecule has 0 aromatic carbocycles. The van der Waals surface area contributed by atoms with Crippen molar-refractivity contribution in [2.45, 2.75) is 39.2 Å². The van der Waals surface area contributed by atoms with Crippen molar-refractivity contribution in [1.29, 1.82) is 5.26 Å². The molecule has 7 heteroatoms. The molecule has 4 rings (SSSR count). The molecule has 2 saturated heterocycles. The first-order valence-corrected chi connectivity index (χ1v) is 9.74. The van der Waals surface area contributed by atoms with Gasteiger partial charge in [-0.05, 0) is 38.3 Å². The molecule has 0 unspecified atom stereocenters. The monoisotopic (exact) mass is 376 g/mol. The zero-order valence-electron chi connectivity index (χ0n) is 16.1. The molecule has 144 valence electrons. The van der Waals surface area contributed by atoms with Gasteiger partial charge in [0, 0.05) is 37.7 Å². The average molecular weight is 376 g/mol. The Morgan fingerprint density at radius 2 is 2.11 bits per heavy atom. The molecule has 2 fully saturated rings. The summed E-state index contributed by atoms with van der Waals surface area (Å²) in [6, 6.07) is 7.70. The molecule has 28 heavy (non-hydrogen) atoms. The van der Waals surface area contributed by atoms with E-state index in [0.717, 1.165) is 56.1 Å². The van der Waals surface area contributed by atoms with Crippen molar-refractivity contribution >= 4 is 11.7 Å². The Morgan fingerprint density at radius 1 is 1.21 bits per heavy atom. The van der Waals surface area contributed by atoms with E-state index >= 15 is 0 Å². The molecule has 0 saturated carbocycles. The zero-order chi connectivity index (χ0) is 19.6. The molecule has 4 heterocycles. The first-order valence-electron chi connectivity index (χ1n) is 9.74. The smallest absolute Gasteiger partial charge is 0.222 e. The molecular formula is C21H24N6O. The number of pyridine rings is 1. The molecule has 1 atom stereocenters. The van der Waals surface area contributed by atoms with Gasteiger partial charge in [-0.15, -0.1) is 0 Å². The number of amides is 1. The van der Waals surface area contributed by atoms with Gasteiger partial charge in [0.1, 0.15) is 17.6 Å². The summed E-state index contributed by atoms with van der Waals surface area (Å²) in [7, 11) is 0. The second-order valence-corrected chi connectivity index (χ2v) is 7.92. The van der Waals surface area contributed by atoms with Crippen molar-refractivity contribution in [2.75, 3.05) is 24.5 Å². The summed E-state index contributed by atoms with van der Waals surface area (Å²) in [5.74, 6) is 1.04. The molecule has 2 aromatic rings. The van der Waals surface area contributed by atoms with Crippen LogP contribution in [0.2, 0.25) is 0 Å². The molecule has 0 N–H and O–H groups in total. The first kappa shape index (κ1) is 18.4. The van der Waals surface area contributed by atoms with Crippen LogP contribution in [0.1, 0.15) is 42.8 Å². The Bertz CT molecular complexity index is 906. The van der Waals surface area contributed by atoms with E-state index in [-0.39, 0.29) is 11.3 Å². The number of anilines is 1. The van der Waals surface area contributed by atoms with Crippen LogP contribution in [0.25, 0.3) is 0 Å². The third-order valence-corrected chi connectivity index (χ3v) is 5.77. The van der Waals surface area contributed by atoms with Crippen LogP contribution in [0.3, 0.4) is 0 Å². The van der Waals surface area contributed by atoms with Crippen molar-refractivity contribution in [2.24, 2.45) is 5.41 Å². The molecule has 1 spiro atoms. The standard InChI is InChI=1S/C21H24N6O/c1-16-11-24-18(12-23-16)13-27-15-21(8-6-20(27)28)7-3-9-26(14-21)19-5-2-4-17(10-22)25-19/h2,4-5,11-12H,3,6-9,13-15H2,1H3/t21-/m1/s1. The Kier molecular flexibility index (Phi) is 4.95. The van der Waals surface area contributed by atoms with Crippen LogP contribution >= 0.6 is 0 Å². The molecule has 7 nitrogen and oxygen atoms in total. The van der Waals surface area contributed by atoms with Gasteiger partial charge < -0.3 is 9.80 Å². The molecule has 2 aliphatic heterocycles. The summed E-state index contributed by atoms with van der Waals surface area (Å²) in [5.41, 5.74) is 2.21. The second kappa shape index (κ2) is 7.55. The maximum Gasteiger partial charge on any atom is 0.222 e. The van der Waals surface area contributed by atoms with E-state index in [1.54, 1.807) is 18.5 Å². The SMILES string of the molecule is Cc1cnc(CN2C[C@]3(CCCN(c4cccc(C#N)n4)C3)CCC2=O)cn1. The van der Waals surface area contributed by atoms with Gasteiger partial charge in [0.05, 0.1) is 24.1 Å². The number of carbonyl (C=O) groups excluding carboxylic acids is 1.